The van der Waals surface area contributed by atoms with Gasteiger partial charge in [-0.05, 0) is 48.4 Å². The van der Waals surface area contributed by atoms with Crippen molar-refractivity contribution in [3.63, 3.8) is 0 Å². The lowest BCUT2D eigenvalue weighted by Crippen LogP contribution is -2.21. The van der Waals surface area contributed by atoms with Crippen molar-refractivity contribution in [2.24, 2.45) is 0 Å². The molecule has 1 aromatic carbocycles. The summed E-state index contributed by atoms with van der Waals surface area (Å²) in [6.45, 7) is 1.76. The van der Waals surface area contributed by atoms with E-state index in [-0.39, 0.29) is 22.9 Å². The maximum atomic E-state index is 13.9. The van der Waals surface area contributed by atoms with E-state index in [0.29, 0.717) is 16.6 Å². The fourth-order valence-electron chi connectivity index (χ4n) is 3.40. The number of pyridine rings is 2. The summed E-state index contributed by atoms with van der Waals surface area (Å²) in [6, 6.07) is 11.5. The Labute approximate surface area is 175 Å². The molecule has 3 heterocycles. The third-order valence-electron chi connectivity index (χ3n) is 4.83. The first-order valence-corrected chi connectivity index (χ1v) is 9.27. The summed E-state index contributed by atoms with van der Waals surface area (Å²) < 4.78 is 28.9. The van der Waals surface area contributed by atoms with E-state index in [4.69, 9.17) is 5.73 Å². The number of nitrogens with two attached hydrogens (primary N) is 1. The second-order valence-corrected chi connectivity index (χ2v) is 6.90. The maximum absolute atomic E-state index is 13.9. The summed E-state index contributed by atoms with van der Waals surface area (Å²) in [5.74, 6) is -0.905. The highest BCUT2D eigenvalue weighted by atomic mass is 19.1. The van der Waals surface area contributed by atoms with Gasteiger partial charge in [0.25, 0.3) is 5.56 Å². The van der Waals surface area contributed by atoms with Gasteiger partial charge in [-0.15, -0.1) is 0 Å². The Kier molecular flexibility index (Phi) is 5.05. The normalized spacial score (nSPS) is 11.8. The first-order chi connectivity index (χ1) is 14.9. The minimum Gasteiger partial charge on any atom is -0.368 e. The number of nitrogens with zero attached hydrogens (tertiary/aromatic N) is 4. The third-order valence-corrected chi connectivity index (χ3v) is 4.83. The second-order valence-electron chi connectivity index (χ2n) is 6.90. The molecule has 0 aliphatic heterocycles. The smallest absolute Gasteiger partial charge is 0.263 e. The minimum absolute atomic E-state index is 0.0203. The van der Waals surface area contributed by atoms with Crippen LogP contribution in [0.4, 0.5) is 20.5 Å². The van der Waals surface area contributed by atoms with E-state index >= 15 is 0 Å². The predicted octanol–water partition coefficient (Wildman–Crippen LogP) is 3.66. The monoisotopic (exact) mass is 418 g/mol. The molecule has 0 amide bonds. The number of aromatic nitrogens is 3. The zero-order valence-electron chi connectivity index (χ0n) is 16.3. The molecule has 3 N–H and O–H groups in total. The van der Waals surface area contributed by atoms with Crippen LogP contribution in [-0.2, 0) is 0 Å². The number of hydrogen-bond donors (Lipinski definition) is 2. The van der Waals surface area contributed by atoms with Crippen LogP contribution in [0.15, 0.2) is 59.7 Å². The molecule has 0 saturated heterocycles. The highest BCUT2D eigenvalue weighted by Gasteiger charge is 2.20. The lowest BCUT2D eigenvalue weighted by molar-refractivity contribution is 0.618. The van der Waals surface area contributed by atoms with Crippen LogP contribution in [0.2, 0.25) is 0 Å². The second kappa shape index (κ2) is 7.84. The van der Waals surface area contributed by atoms with Crippen LogP contribution in [0, 0.1) is 23.0 Å². The average Bonchev–Trinajstić information content (AvgIpc) is 2.74. The molecule has 154 valence electrons. The standard InChI is InChI=1S/C22H16F2N6O/c1-12(28-20-14(9-25)10-27-22(26)29-20)18-8-17-6-5-16(24)11-30(17)21(31)19(18)13-3-2-4-15(23)7-13/h2-8,10-12H,1H3,(H3,26,27,28,29). The molecule has 4 aromatic rings. The summed E-state index contributed by atoms with van der Waals surface area (Å²) in [7, 11) is 0. The Morgan fingerprint density at radius 3 is 2.74 bits per heavy atom. The molecule has 31 heavy (non-hydrogen) atoms. The molecule has 0 radical (unpaired) electrons. The number of nitrogen functional groups attached to an aromatic ring is 1. The van der Waals surface area contributed by atoms with E-state index in [2.05, 4.69) is 15.3 Å². The zero-order chi connectivity index (χ0) is 22.1. The Hall–Kier alpha value is -4.32. The summed E-state index contributed by atoms with van der Waals surface area (Å²) >= 11 is 0. The number of anilines is 2. The third kappa shape index (κ3) is 3.79. The van der Waals surface area contributed by atoms with Crippen molar-refractivity contribution in [3.8, 4) is 17.2 Å². The van der Waals surface area contributed by atoms with Crippen molar-refractivity contribution in [3.05, 3.63) is 88.0 Å². The number of nitrogens with one attached hydrogen (secondary N) is 1. The van der Waals surface area contributed by atoms with Gasteiger partial charge in [0, 0.05) is 11.7 Å². The highest BCUT2D eigenvalue weighted by molar-refractivity contribution is 5.71. The van der Waals surface area contributed by atoms with Gasteiger partial charge in [0.2, 0.25) is 5.95 Å². The van der Waals surface area contributed by atoms with E-state index in [1.165, 1.54) is 40.9 Å². The van der Waals surface area contributed by atoms with Crippen molar-refractivity contribution < 1.29 is 8.78 Å². The van der Waals surface area contributed by atoms with Crippen molar-refractivity contribution in [2.75, 3.05) is 11.1 Å². The van der Waals surface area contributed by atoms with E-state index in [1.807, 2.05) is 6.07 Å². The quantitative estimate of drug-likeness (QED) is 0.524. The molecule has 0 fully saturated rings. The van der Waals surface area contributed by atoms with Crippen LogP contribution in [-0.4, -0.2) is 14.4 Å². The van der Waals surface area contributed by atoms with Gasteiger partial charge >= 0.3 is 0 Å². The fraction of sp³-hybridized carbons (Fsp3) is 0.0909. The lowest BCUT2D eigenvalue weighted by atomic mass is 9.96. The molecule has 3 aromatic heterocycles. The zero-order valence-corrected chi connectivity index (χ0v) is 16.3. The van der Waals surface area contributed by atoms with Crippen LogP contribution in [0.25, 0.3) is 16.6 Å². The van der Waals surface area contributed by atoms with Crippen LogP contribution in [0.1, 0.15) is 24.1 Å². The minimum atomic E-state index is -0.575. The molecule has 1 atom stereocenters. The summed E-state index contributed by atoms with van der Waals surface area (Å²) in [4.78, 5) is 21.2. The number of rotatable bonds is 4. The van der Waals surface area contributed by atoms with Gasteiger partial charge < -0.3 is 11.1 Å². The summed E-state index contributed by atoms with van der Waals surface area (Å²) in [5, 5.41) is 12.4. The molecule has 9 heteroatoms. The first-order valence-electron chi connectivity index (χ1n) is 9.27. The Morgan fingerprint density at radius 1 is 1.19 bits per heavy atom. The topological polar surface area (TPSA) is 109 Å². The van der Waals surface area contributed by atoms with Gasteiger partial charge in [-0.2, -0.15) is 10.2 Å². The van der Waals surface area contributed by atoms with Crippen molar-refractivity contribution >= 4 is 17.3 Å². The molecule has 0 bridgehead atoms. The van der Waals surface area contributed by atoms with Gasteiger partial charge in [0.15, 0.2) is 0 Å². The van der Waals surface area contributed by atoms with Gasteiger partial charge in [-0.25, -0.2) is 13.8 Å². The lowest BCUT2D eigenvalue weighted by Gasteiger charge is -2.20. The Bertz CT molecular complexity index is 1410. The van der Waals surface area contributed by atoms with Crippen LogP contribution in [0.3, 0.4) is 0 Å². The fourth-order valence-corrected chi connectivity index (χ4v) is 3.40. The van der Waals surface area contributed by atoms with Crippen molar-refractivity contribution in [1.82, 2.24) is 14.4 Å². The van der Waals surface area contributed by atoms with E-state index in [9.17, 15) is 18.8 Å². The number of halogens is 2. The molecule has 0 aliphatic carbocycles. The molecular weight excluding hydrogens is 402 g/mol. The Morgan fingerprint density at radius 2 is 2.00 bits per heavy atom. The summed E-state index contributed by atoms with van der Waals surface area (Å²) in [5.41, 5.74) is 6.83. The van der Waals surface area contributed by atoms with E-state index in [0.717, 1.165) is 6.20 Å². The molecule has 0 aliphatic rings. The first kappa shape index (κ1) is 20.0. The summed E-state index contributed by atoms with van der Waals surface area (Å²) in [6.07, 6.45) is 2.38. The maximum Gasteiger partial charge on any atom is 0.263 e. The number of benzene rings is 1. The van der Waals surface area contributed by atoms with Gasteiger partial charge in [-0.3, -0.25) is 9.20 Å². The largest absolute Gasteiger partial charge is 0.368 e. The molecule has 7 nitrogen and oxygen atoms in total. The van der Waals surface area contributed by atoms with Gasteiger partial charge in [0.1, 0.15) is 29.1 Å². The molecule has 1 unspecified atom stereocenters. The van der Waals surface area contributed by atoms with Gasteiger partial charge in [-0.1, -0.05) is 12.1 Å². The van der Waals surface area contributed by atoms with Crippen LogP contribution in [0.5, 0.6) is 0 Å². The van der Waals surface area contributed by atoms with Crippen molar-refractivity contribution in [2.45, 2.75) is 13.0 Å². The van der Waals surface area contributed by atoms with E-state index < -0.39 is 23.2 Å². The van der Waals surface area contributed by atoms with Crippen LogP contribution >= 0.6 is 0 Å². The molecule has 0 saturated carbocycles. The number of fused-ring (bicyclic) bond motifs is 1. The SMILES string of the molecule is CC(Nc1nc(N)ncc1C#N)c1cc2ccc(F)cn2c(=O)c1-c1cccc(F)c1. The van der Waals surface area contributed by atoms with E-state index in [1.54, 1.807) is 19.1 Å². The Balaban J connectivity index is 1.93. The molecule has 0 spiro atoms. The number of nitriles is 1. The predicted molar refractivity (Wildman–Crippen MR) is 112 cm³/mol. The number of hydrogen-bond acceptors (Lipinski definition) is 6. The average molecular weight is 418 g/mol. The van der Waals surface area contributed by atoms with Crippen molar-refractivity contribution in [1.29, 1.82) is 5.26 Å². The van der Waals surface area contributed by atoms with Crippen LogP contribution < -0.4 is 16.6 Å². The highest BCUT2D eigenvalue weighted by Crippen LogP contribution is 2.30. The molecule has 4 rings (SSSR count). The van der Waals surface area contributed by atoms with Gasteiger partial charge in [0.05, 0.1) is 17.8 Å². The molecular formula is C22H16F2N6O.